The Labute approximate surface area is 732 Å². The van der Waals surface area contributed by atoms with Gasteiger partial charge in [-0.3, -0.25) is 4.79 Å². The molecule has 718 valence electrons. The Hall–Kier alpha value is -4.17. The van der Waals surface area contributed by atoms with E-state index < -0.39 is 300 Å². The van der Waals surface area contributed by atoms with Crippen LogP contribution in [0.1, 0.15) is 166 Å². The second kappa shape index (κ2) is 39.8. The molecule has 1 unspecified atom stereocenters. The first-order valence-corrected chi connectivity index (χ1v) is 44.2. The van der Waals surface area contributed by atoms with Crippen molar-refractivity contribution in [3.63, 3.8) is 0 Å². The molecule has 0 aromatic heterocycles. The molecule has 0 bridgehead atoms. The second-order valence-corrected chi connectivity index (χ2v) is 39.7. The minimum atomic E-state index is -2.19. The molecule has 38 heteroatoms. The fourth-order valence-electron chi connectivity index (χ4n) is 21.9. The van der Waals surface area contributed by atoms with Crippen molar-refractivity contribution in [3.05, 3.63) is 60.3 Å². The number of rotatable bonds is 29. The Balaban J connectivity index is 0.812. The van der Waals surface area contributed by atoms with E-state index in [0.29, 0.717) is 51.4 Å². The topological polar surface area (TPSA) is 583 Å². The summed E-state index contributed by atoms with van der Waals surface area (Å²) in [5.74, 6) is -3.39. The first kappa shape index (κ1) is 101. The summed E-state index contributed by atoms with van der Waals surface area (Å²) in [5.41, 5.74) is -5.57. The van der Waals surface area contributed by atoms with Gasteiger partial charge in [-0.05, 0) is 162 Å². The fourth-order valence-corrected chi connectivity index (χ4v) is 21.9. The summed E-state index contributed by atoms with van der Waals surface area (Å²) < 4.78 is 97.2. The summed E-state index contributed by atoms with van der Waals surface area (Å²) in [6.07, 6.45) is -41.2. The molecule has 19 N–H and O–H groups in total. The van der Waals surface area contributed by atoms with Crippen molar-refractivity contribution in [2.24, 2.45) is 50.2 Å². The maximum atomic E-state index is 16.6. The van der Waals surface area contributed by atoms with Crippen molar-refractivity contribution < 1.29 is 187 Å². The van der Waals surface area contributed by atoms with Crippen LogP contribution in [0.3, 0.4) is 0 Å². The van der Waals surface area contributed by atoms with E-state index >= 15 is 4.79 Å². The Bertz CT molecular complexity index is 3820. The molecule has 11 fully saturated rings. The van der Waals surface area contributed by atoms with E-state index in [4.69, 9.17) is 75.8 Å². The quantitative estimate of drug-likeness (QED) is 0.0132. The van der Waals surface area contributed by atoms with Gasteiger partial charge in [-0.15, -0.1) is 13.2 Å². The standard InChI is InChI=1S/C88H138O38/c1-14-83(9,109)24-16-18-40(3)71(106)111-38-50-58(98)68(121-72(107)42(33-89)19-17-25-84(10,110)15-2)70(125-76-64(104)60(100)66(41(4)117-76)122-75-65(105)67(48(93)37-114-75)123-73-61(101)54(94)45(90)34-112-73)79(119-50)126-80(108)88-30-28-81(5,6)32-44(88)43-20-21-52-85(11)26-23-53(82(7,8)51(85)22-27-87(52,13)86(43,12)29-31-88)120-77-63(103)59(99)57(97)49(118-77)39-116-78-69(56(96)47(92)36-115-78)124-74-62(102)55(95)46(91)35-113-74/h14-15,18-20,41,44-70,73-79,89-105,109-110H,1-2,16-17,21-39H2,3-13H3/b40-18+,42-19+/t41-,44-,45+,46+,47-,48+,49+,50+,51-,52+,53-,54-,55-,56-,57+,58+,59-,60-,61+,62+,63+,64+,65+,66-,67-,68-,69+,70+,73-,74-,75-,76-,77-,78-,79-,83+,84?,85-,86+,87+,88-/m0/s1. The Morgan fingerprint density at radius 1 is 0.500 bits per heavy atom. The largest absolute Gasteiger partial charge is 0.459 e. The molecule has 41 atom stereocenters. The van der Waals surface area contributed by atoms with Gasteiger partial charge in [-0.1, -0.05) is 84.4 Å². The third kappa shape index (κ3) is 20.3. The summed E-state index contributed by atoms with van der Waals surface area (Å²) in [6.45, 7) is 24.5. The molecule has 7 saturated heterocycles. The fraction of sp³-hybridized carbons (Fsp3) is 0.852. The predicted molar refractivity (Wildman–Crippen MR) is 432 cm³/mol. The molecule has 38 nitrogen and oxygen atoms in total. The van der Waals surface area contributed by atoms with E-state index in [0.717, 1.165) is 12.0 Å². The maximum absolute atomic E-state index is 16.6. The van der Waals surface area contributed by atoms with Crippen LogP contribution in [0.4, 0.5) is 0 Å². The number of ether oxygens (including phenoxy) is 16. The van der Waals surface area contributed by atoms with Gasteiger partial charge in [-0.2, -0.15) is 0 Å². The lowest BCUT2D eigenvalue weighted by Crippen LogP contribution is -2.67. The van der Waals surface area contributed by atoms with E-state index in [1.54, 1.807) is 6.92 Å². The summed E-state index contributed by atoms with van der Waals surface area (Å²) >= 11 is 0. The lowest BCUT2D eigenvalue weighted by Gasteiger charge is -2.71. The van der Waals surface area contributed by atoms with Crippen LogP contribution in [0.2, 0.25) is 0 Å². The van der Waals surface area contributed by atoms with Gasteiger partial charge in [0.1, 0.15) is 135 Å². The molecule has 0 spiro atoms. The molecule has 126 heavy (non-hydrogen) atoms. The molecule has 5 aliphatic carbocycles. The molecule has 12 aliphatic rings. The van der Waals surface area contributed by atoms with Crippen LogP contribution in [-0.2, 0) is 90.2 Å². The molecular weight excluding hydrogens is 1660 g/mol. The average Bonchev–Trinajstić information content (AvgIpc) is 0.673. The third-order valence-electron chi connectivity index (χ3n) is 30.3. The third-order valence-corrected chi connectivity index (χ3v) is 30.3. The molecule has 12 rings (SSSR count). The van der Waals surface area contributed by atoms with Gasteiger partial charge in [0, 0.05) is 5.57 Å². The normalized spacial score (nSPS) is 47.2. The zero-order chi connectivity index (χ0) is 92.4. The zero-order valence-corrected chi connectivity index (χ0v) is 73.6. The smallest absolute Gasteiger partial charge is 0.336 e. The number of hydrogen-bond donors (Lipinski definition) is 19. The Morgan fingerprint density at radius 2 is 1.02 bits per heavy atom. The number of aliphatic hydroxyl groups is 19. The highest BCUT2D eigenvalue weighted by molar-refractivity contribution is 5.89. The van der Waals surface area contributed by atoms with Crippen LogP contribution in [0.15, 0.2) is 60.3 Å². The average molecular weight is 1800 g/mol. The molecule has 0 radical (unpaired) electrons. The number of hydrogen-bond acceptors (Lipinski definition) is 38. The number of fused-ring (bicyclic) bond motifs is 7. The van der Waals surface area contributed by atoms with Crippen LogP contribution in [-0.4, -0.2) is 369 Å². The highest BCUT2D eigenvalue weighted by Gasteiger charge is 2.71. The van der Waals surface area contributed by atoms with Gasteiger partial charge < -0.3 is 173 Å². The predicted octanol–water partition coefficient (Wildman–Crippen LogP) is -1.58. The van der Waals surface area contributed by atoms with Crippen LogP contribution in [0, 0.1) is 50.2 Å². The first-order valence-electron chi connectivity index (χ1n) is 44.2. The van der Waals surface area contributed by atoms with Crippen molar-refractivity contribution in [3.8, 4) is 0 Å². The summed E-state index contributed by atoms with van der Waals surface area (Å²) in [4.78, 5) is 45.3. The van der Waals surface area contributed by atoms with Crippen molar-refractivity contribution in [2.45, 2.75) is 374 Å². The van der Waals surface area contributed by atoms with Crippen molar-refractivity contribution >= 4 is 17.9 Å². The van der Waals surface area contributed by atoms with Gasteiger partial charge in [0.25, 0.3) is 0 Å². The van der Waals surface area contributed by atoms with Gasteiger partial charge in [-0.25, -0.2) is 9.59 Å². The van der Waals surface area contributed by atoms with Gasteiger partial charge in [0.05, 0.1) is 74.0 Å². The highest BCUT2D eigenvalue weighted by Crippen LogP contribution is 2.76. The van der Waals surface area contributed by atoms with Crippen LogP contribution < -0.4 is 0 Å². The van der Waals surface area contributed by atoms with Crippen molar-refractivity contribution in [1.82, 2.24) is 0 Å². The number of carbonyl (C=O) groups excluding carboxylic acids is 3. The molecule has 4 saturated carbocycles. The molecule has 7 heterocycles. The van der Waals surface area contributed by atoms with E-state index in [2.05, 4.69) is 67.7 Å². The molecule has 0 aromatic rings. The van der Waals surface area contributed by atoms with Gasteiger partial charge >= 0.3 is 17.9 Å². The molecular formula is C88H138O38. The van der Waals surface area contributed by atoms with E-state index in [-0.39, 0.29) is 65.9 Å². The van der Waals surface area contributed by atoms with Crippen molar-refractivity contribution in [1.29, 1.82) is 0 Å². The lowest BCUT2D eigenvalue weighted by atomic mass is 9.33. The maximum Gasteiger partial charge on any atom is 0.336 e. The molecule has 7 aliphatic heterocycles. The minimum absolute atomic E-state index is 0.0104. The van der Waals surface area contributed by atoms with Crippen LogP contribution in [0.5, 0.6) is 0 Å². The summed E-state index contributed by atoms with van der Waals surface area (Å²) in [6, 6.07) is 0. The van der Waals surface area contributed by atoms with E-state index in [9.17, 15) is 107 Å². The van der Waals surface area contributed by atoms with Crippen LogP contribution in [0.25, 0.3) is 0 Å². The summed E-state index contributed by atoms with van der Waals surface area (Å²) in [5, 5.41) is 210. The van der Waals surface area contributed by atoms with Crippen molar-refractivity contribution in [2.75, 3.05) is 46.2 Å². The number of esters is 3. The lowest BCUT2D eigenvalue weighted by molar-refractivity contribution is -0.379. The van der Waals surface area contributed by atoms with Crippen LogP contribution >= 0.6 is 0 Å². The zero-order valence-electron chi connectivity index (χ0n) is 73.6. The van der Waals surface area contributed by atoms with Gasteiger partial charge in [0.15, 0.2) is 49.9 Å². The monoisotopic (exact) mass is 1800 g/mol. The minimum Gasteiger partial charge on any atom is -0.459 e. The highest BCUT2D eigenvalue weighted by atomic mass is 16.8. The van der Waals surface area contributed by atoms with E-state index in [1.807, 2.05) is 0 Å². The number of allylic oxidation sites excluding steroid dienone is 4. The van der Waals surface area contributed by atoms with E-state index in [1.165, 1.54) is 45.1 Å². The Morgan fingerprint density at radius 3 is 1.64 bits per heavy atom. The van der Waals surface area contributed by atoms with Gasteiger partial charge in [0.2, 0.25) is 6.29 Å². The second-order valence-electron chi connectivity index (χ2n) is 39.7. The SMILES string of the molecule is C=CC(C)(O)CC/C=C(\CO)C(=O)O[C@H]1[C@H](O)[C@@H](COC(=O)/C(C)=C/CC[C@](C)(O)C=C)O[C@@H](OC(=O)[C@]23CCC(C)(C)C[C@H]2C2=CC[C@@H]4[C@@]5(C)CC[C@H](O[C@@H]6O[C@H](CO[C@@H]7OC[C@H](O)[C@H](O)[C@H]7O[C@@H]7OC[C@@H](O)[C@H](O)[C@H]7O)[C@@H](O)[C@H](O)[C@H]6O)C(C)(C)[C@@H]5CC[C@@]4(C)[C@]2(C)CC3)[C@@H]1O[C@@H]1O[C@@H](C)[C@H](O[C@@H]2OC[C@@H](O)[C@H](O[C@@H]3OC[C@@H](O)[C@H](O)[C@H]3O)[C@H]2O)[C@@H](O)[C@H]1O. The molecule has 0 aromatic carbocycles. The number of aliphatic hydroxyl groups excluding tert-OH is 17. The number of carbonyl (C=O) groups is 3. The Kier molecular flexibility index (Phi) is 31.8. The first-order chi connectivity index (χ1) is 59.0. The molecule has 0 amide bonds. The summed E-state index contributed by atoms with van der Waals surface area (Å²) in [7, 11) is 0.